The summed E-state index contributed by atoms with van der Waals surface area (Å²) in [4.78, 5) is 22.2. The van der Waals surface area contributed by atoms with Crippen molar-refractivity contribution in [3.63, 3.8) is 0 Å². The summed E-state index contributed by atoms with van der Waals surface area (Å²) in [5, 5.41) is 4.34. The molecule has 0 atom stereocenters. The van der Waals surface area contributed by atoms with E-state index < -0.39 is 5.91 Å². The number of benzene rings is 2. The van der Waals surface area contributed by atoms with Crippen molar-refractivity contribution >= 4 is 39.0 Å². The van der Waals surface area contributed by atoms with Crippen LogP contribution < -0.4 is 11.1 Å². The second-order valence-corrected chi connectivity index (χ2v) is 7.07. The molecule has 26 heavy (non-hydrogen) atoms. The van der Waals surface area contributed by atoms with Gasteiger partial charge in [0.1, 0.15) is 17.0 Å². The van der Waals surface area contributed by atoms with Crippen molar-refractivity contribution in [1.29, 1.82) is 0 Å². The van der Waals surface area contributed by atoms with Crippen LogP contribution in [0.2, 0.25) is 0 Å². The van der Waals surface area contributed by atoms with Crippen LogP contribution in [-0.2, 0) is 0 Å². The first-order valence-electron chi connectivity index (χ1n) is 8.10. The second-order valence-electron chi connectivity index (χ2n) is 5.87. The van der Waals surface area contributed by atoms with Crippen molar-refractivity contribution in [2.45, 2.75) is 6.92 Å². The smallest absolute Gasteiger partial charge is 0.248 e. The zero-order chi connectivity index (χ0) is 18.1. The summed E-state index contributed by atoms with van der Waals surface area (Å²) in [5.74, 6) is 0.297. The highest BCUT2D eigenvalue weighted by atomic mass is 32.1. The lowest BCUT2D eigenvalue weighted by molar-refractivity contribution is 0.100. The molecule has 1 amide bonds. The molecular weight excluding hydrogens is 344 g/mol. The van der Waals surface area contributed by atoms with Crippen LogP contribution in [0.3, 0.4) is 0 Å². The standard InChI is InChI=1S/C20H16N4OS/c1-12-16(13-5-3-2-4-6-13)17-19(22-11-23-20(17)26-12)24-15-9-7-14(8-10-15)18(21)25/h2-11H,1H3,(H2,21,25)(H,22,23,24). The highest BCUT2D eigenvalue weighted by molar-refractivity contribution is 7.19. The Bertz CT molecular complexity index is 1090. The topological polar surface area (TPSA) is 80.9 Å². The molecular formula is C20H16N4OS. The first-order valence-corrected chi connectivity index (χ1v) is 8.91. The van der Waals surface area contributed by atoms with Gasteiger partial charge in [-0.05, 0) is 36.8 Å². The number of fused-ring (bicyclic) bond motifs is 1. The van der Waals surface area contributed by atoms with Crippen molar-refractivity contribution < 1.29 is 4.79 Å². The van der Waals surface area contributed by atoms with E-state index in [-0.39, 0.29) is 0 Å². The molecule has 3 N–H and O–H groups in total. The molecule has 4 rings (SSSR count). The lowest BCUT2D eigenvalue weighted by Crippen LogP contribution is -2.10. The van der Waals surface area contributed by atoms with Gasteiger partial charge in [-0.25, -0.2) is 9.97 Å². The zero-order valence-electron chi connectivity index (χ0n) is 14.1. The van der Waals surface area contributed by atoms with E-state index in [0.29, 0.717) is 5.56 Å². The van der Waals surface area contributed by atoms with Crippen molar-refractivity contribution in [3.05, 3.63) is 71.4 Å². The van der Waals surface area contributed by atoms with Crippen LogP contribution in [0.4, 0.5) is 11.5 Å². The van der Waals surface area contributed by atoms with Crippen LogP contribution >= 0.6 is 11.3 Å². The minimum Gasteiger partial charge on any atom is -0.366 e. The quantitative estimate of drug-likeness (QED) is 0.561. The predicted octanol–water partition coefficient (Wildman–Crippen LogP) is 4.51. The number of primary amides is 1. The average Bonchev–Trinajstić information content (AvgIpc) is 3.00. The number of aryl methyl sites for hydroxylation is 1. The van der Waals surface area contributed by atoms with Gasteiger partial charge in [0.15, 0.2) is 0 Å². The van der Waals surface area contributed by atoms with Crippen molar-refractivity contribution in [2.75, 3.05) is 5.32 Å². The number of amides is 1. The molecule has 2 heterocycles. The number of hydrogen-bond donors (Lipinski definition) is 2. The highest BCUT2D eigenvalue weighted by Gasteiger charge is 2.16. The Labute approximate surface area is 154 Å². The maximum absolute atomic E-state index is 11.2. The Balaban J connectivity index is 1.82. The normalized spacial score (nSPS) is 10.8. The van der Waals surface area contributed by atoms with Gasteiger partial charge in [0.2, 0.25) is 5.91 Å². The third-order valence-corrected chi connectivity index (χ3v) is 5.17. The molecule has 0 unspecified atom stereocenters. The zero-order valence-corrected chi connectivity index (χ0v) is 14.9. The van der Waals surface area contributed by atoms with Crippen LogP contribution in [0.15, 0.2) is 60.9 Å². The van der Waals surface area contributed by atoms with E-state index in [9.17, 15) is 4.79 Å². The predicted molar refractivity (Wildman–Crippen MR) is 106 cm³/mol. The number of anilines is 2. The van der Waals surface area contributed by atoms with E-state index in [2.05, 4.69) is 34.3 Å². The van der Waals surface area contributed by atoms with Crippen molar-refractivity contribution in [2.24, 2.45) is 5.73 Å². The van der Waals surface area contributed by atoms with E-state index in [1.165, 1.54) is 4.88 Å². The number of hydrogen-bond acceptors (Lipinski definition) is 5. The maximum atomic E-state index is 11.2. The number of nitrogens with one attached hydrogen (secondary N) is 1. The van der Waals surface area contributed by atoms with E-state index in [1.807, 2.05) is 30.3 Å². The monoisotopic (exact) mass is 360 g/mol. The van der Waals surface area contributed by atoms with Crippen LogP contribution in [0, 0.1) is 6.92 Å². The molecule has 0 spiro atoms. The van der Waals surface area contributed by atoms with Gasteiger partial charge < -0.3 is 11.1 Å². The van der Waals surface area contributed by atoms with Gasteiger partial charge in [-0.1, -0.05) is 30.3 Å². The lowest BCUT2D eigenvalue weighted by atomic mass is 10.0. The van der Waals surface area contributed by atoms with E-state index in [0.717, 1.165) is 32.8 Å². The Kier molecular flexibility index (Phi) is 4.10. The molecule has 0 aliphatic heterocycles. The average molecular weight is 360 g/mol. The van der Waals surface area contributed by atoms with E-state index >= 15 is 0 Å². The number of nitrogens with two attached hydrogens (primary N) is 1. The van der Waals surface area contributed by atoms with Gasteiger partial charge in [0.25, 0.3) is 0 Å². The van der Waals surface area contributed by atoms with Gasteiger partial charge in [0.05, 0.1) is 5.39 Å². The van der Waals surface area contributed by atoms with Crippen molar-refractivity contribution in [1.82, 2.24) is 9.97 Å². The van der Waals surface area contributed by atoms with Gasteiger partial charge in [-0.15, -0.1) is 11.3 Å². The third kappa shape index (κ3) is 2.91. The number of carbonyl (C=O) groups is 1. The molecule has 0 bridgehead atoms. The molecule has 5 nitrogen and oxygen atoms in total. The summed E-state index contributed by atoms with van der Waals surface area (Å²) in [5.41, 5.74) is 8.88. The molecule has 2 aromatic carbocycles. The van der Waals surface area contributed by atoms with Crippen LogP contribution in [0.5, 0.6) is 0 Å². The Hall–Kier alpha value is -3.25. The molecule has 0 aliphatic carbocycles. The molecule has 0 radical (unpaired) electrons. The van der Waals surface area contributed by atoms with Gasteiger partial charge in [-0.2, -0.15) is 0 Å². The Morgan fingerprint density at radius 3 is 2.46 bits per heavy atom. The fourth-order valence-electron chi connectivity index (χ4n) is 2.95. The number of rotatable bonds is 4. The molecule has 2 aromatic heterocycles. The second kappa shape index (κ2) is 6.57. The van der Waals surface area contributed by atoms with Crippen LogP contribution in [-0.4, -0.2) is 15.9 Å². The molecule has 0 saturated heterocycles. The molecule has 4 aromatic rings. The lowest BCUT2D eigenvalue weighted by Gasteiger charge is -2.09. The summed E-state index contributed by atoms with van der Waals surface area (Å²) < 4.78 is 0. The number of nitrogens with zero attached hydrogens (tertiary/aromatic N) is 2. The van der Waals surface area contributed by atoms with Gasteiger partial charge in [-0.3, -0.25) is 4.79 Å². The molecule has 0 aliphatic rings. The number of carbonyl (C=O) groups excluding carboxylic acids is 1. The SMILES string of the molecule is Cc1sc2ncnc(Nc3ccc(C(N)=O)cc3)c2c1-c1ccccc1. The van der Waals surface area contributed by atoms with Crippen molar-refractivity contribution in [3.8, 4) is 11.1 Å². The van der Waals surface area contributed by atoms with Gasteiger partial charge in [0, 0.05) is 21.7 Å². The summed E-state index contributed by atoms with van der Waals surface area (Å²) >= 11 is 1.65. The minimum absolute atomic E-state index is 0.444. The van der Waals surface area contributed by atoms with Crippen LogP contribution in [0.1, 0.15) is 15.2 Å². The number of thiophene rings is 1. The fourth-order valence-corrected chi connectivity index (χ4v) is 3.96. The van der Waals surface area contributed by atoms with E-state index in [4.69, 9.17) is 5.73 Å². The fraction of sp³-hybridized carbons (Fsp3) is 0.0500. The van der Waals surface area contributed by atoms with Gasteiger partial charge >= 0.3 is 0 Å². The molecule has 128 valence electrons. The highest BCUT2D eigenvalue weighted by Crippen LogP contribution is 2.40. The van der Waals surface area contributed by atoms with E-state index in [1.54, 1.807) is 29.8 Å². The largest absolute Gasteiger partial charge is 0.366 e. The molecule has 0 saturated carbocycles. The first kappa shape index (κ1) is 16.2. The number of aromatic nitrogens is 2. The maximum Gasteiger partial charge on any atom is 0.248 e. The molecule has 0 fully saturated rings. The summed E-state index contributed by atoms with van der Waals surface area (Å²) in [6.07, 6.45) is 1.56. The Morgan fingerprint density at radius 2 is 1.77 bits per heavy atom. The summed E-state index contributed by atoms with van der Waals surface area (Å²) in [6.45, 7) is 2.10. The Morgan fingerprint density at radius 1 is 1.04 bits per heavy atom. The first-order chi connectivity index (χ1) is 12.6. The van der Waals surface area contributed by atoms with Crippen LogP contribution in [0.25, 0.3) is 21.3 Å². The summed E-state index contributed by atoms with van der Waals surface area (Å²) in [6, 6.07) is 17.3. The third-order valence-electron chi connectivity index (χ3n) is 4.16. The molecule has 6 heteroatoms. The summed E-state index contributed by atoms with van der Waals surface area (Å²) in [7, 11) is 0. The minimum atomic E-state index is -0.444.